The van der Waals surface area contributed by atoms with Crippen LogP contribution in [-0.2, 0) is 9.59 Å². The van der Waals surface area contributed by atoms with E-state index in [1.807, 2.05) is 0 Å². The number of amides is 2. The lowest BCUT2D eigenvalue weighted by atomic mass is 10.2. The molecule has 0 radical (unpaired) electrons. The van der Waals surface area contributed by atoms with Gasteiger partial charge in [0.2, 0.25) is 0 Å². The summed E-state index contributed by atoms with van der Waals surface area (Å²) >= 11 is 0. The van der Waals surface area contributed by atoms with Crippen molar-refractivity contribution in [2.24, 2.45) is 0 Å². The second-order valence-electron chi connectivity index (χ2n) is 4.28. The number of halogens is 1. The van der Waals surface area contributed by atoms with Crippen LogP contribution in [0.3, 0.4) is 0 Å². The number of aliphatic hydroxyl groups excluding tert-OH is 1. The molecule has 0 saturated heterocycles. The van der Waals surface area contributed by atoms with E-state index in [0.29, 0.717) is 12.4 Å². The Morgan fingerprint density at radius 3 is 2.81 bits per heavy atom. The van der Waals surface area contributed by atoms with Crippen LogP contribution in [0.15, 0.2) is 30.0 Å². The van der Waals surface area contributed by atoms with Gasteiger partial charge >= 0.3 is 0 Å². The Morgan fingerprint density at radius 2 is 2.14 bits per heavy atom. The highest BCUT2D eigenvalue weighted by Gasteiger charge is 2.31. The predicted molar refractivity (Wildman–Crippen MR) is 73.1 cm³/mol. The molecular weight excluding hydrogens is 279 g/mol. The van der Waals surface area contributed by atoms with Crippen molar-refractivity contribution >= 4 is 17.5 Å². The van der Waals surface area contributed by atoms with Gasteiger partial charge in [-0.05, 0) is 19.1 Å². The molecule has 1 aromatic rings. The van der Waals surface area contributed by atoms with Gasteiger partial charge in [-0.25, -0.2) is 4.39 Å². The number of hydrogen-bond acceptors (Lipinski definition) is 5. The maximum absolute atomic E-state index is 13.3. The van der Waals surface area contributed by atoms with Gasteiger partial charge in [0.05, 0.1) is 25.4 Å². The van der Waals surface area contributed by atoms with Crippen LogP contribution in [0.2, 0.25) is 0 Å². The second-order valence-corrected chi connectivity index (χ2v) is 4.28. The molecule has 1 aromatic carbocycles. The molecule has 1 heterocycles. The molecule has 1 aliphatic rings. The summed E-state index contributed by atoms with van der Waals surface area (Å²) in [4.78, 5) is 24.5. The molecule has 0 saturated carbocycles. The van der Waals surface area contributed by atoms with Gasteiger partial charge in [-0.15, -0.1) is 0 Å². The van der Waals surface area contributed by atoms with Crippen LogP contribution in [0, 0.1) is 5.82 Å². The molecule has 112 valence electrons. The molecule has 6 nitrogen and oxygen atoms in total. The maximum Gasteiger partial charge on any atom is 0.277 e. The van der Waals surface area contributed by atoms with Gasteiger partial charge in [0.1, 0.15) is 17.3 Å². The zero-order valence-electron chi connectivity index (χ0n) is 11.4. The van der Waals surface area contributed by atoms with Crippen molar-refractivity contribution in [1.29, 1.82) is 0 Å². The molecule has 0 fully saturated rings. The second kappa shape index (κ2) is 6.36. The molecule has 1 aliphatic heterocycles. The number of carbonyl (C=O) groups excluding carboxylic acids is 2. The molecule has 0 unspecified atom stereocenters. The summed E-state index contributed by atoms with van der Waals surface area (Å²) < 4.78 is 18.7. The van der Waals surface area contributed by atoms with Gasteiger partial charge in [0.15, 0.2) is 0 Å². The number of nitrogens with one attached hydrogen (secondary N) is 1. The fourth-order valence-corrected chi connectivity index (χ4v) is 1.94. The van der Waals surface area contributed by atoms with E-state index >= 15 is 0 Å². The fraction of sp³-hybridized carbons (Fsp3) is 0.286. The monoisotopic (exact) mass is 294 g/mol. The van der Waals surface area contributed by atoms with Gasteiger partial charge in [-0.1, -0.05) is 0 Å². The van der Waals surface area contributed by atoms with Crippen LogP contribution >= 0.6 is 0 Å². The van der Waals surface area contributed by atoms with Crippen LogP contribution in [-0.4, -0.2) is 41.6 Å². The molecule has 0 bridgehead atoms. The van der Waals surface area contributed by atoms with Gasteiger partial charge < -0.3 is 15.2 Å². The molecule has 2 amide bonds. The summed E-state index contributed by atoms with van der Waals surface area (Å²) in [5, 5.41) is 11.5. The van der Waals surface area contributed by atoms with Crippen LogP contribution < -0.4 is 10.1 Å². The Morgan fingerprint density at radius 1 is 1.38 bits per heavy atom. The number of aliphatic hydroxyl groups is 1. The lowest BCUT2D eigenvalue weighted by Crippen LogP contribution is -2.34. The van der Waals surface area contributed by atoms with E-state index in [-0.39, 0.29) is 24.5 Å². The van der Waals surface area contributed by atoms with Gasteiger partial charge in [0, 0.05) is 12.1 Å². The highest BCUT2D eigenvalue weighted by Crippen LogP contribution is 2.28. The molecular formula is C14H15FN2O4. The summed E-state index contributed by atoms with van der Waals surface area (Å²) in [7, 11) is 0. The summed E-state index contributed by atoms with van der Waals surface area (Å²) in [6.07, 6.45) is 1.11. The largest absolute Gasteiger partial charge is 0.492 e. The zero-order valence-corrected chi connectivity index (χ0v) is 11.4. The van der Waals surface area contributed by atoms with E-state index in [9.17, 15) is 14.0 Å². The third-order valence-corrected chi connectivity index (χ3v) is 2.84. The average molecular weight is 294 g/mol. The number of anilines is 1. The Bertz CT molecular complexity index is 601. The van der Waals surface area contributed by atoms with Crippen molar-refractivity contribution in [1.82, 2.24) is 4.90 Å². The topological polar surface area (TPSA) is 78.9 Å². The number of ether oxygens (including phenoxy) is 1. The third-order valence-electron chi connectivity index (χ3n) is 2.84. The van der Waals surface area contributed by atoms with Gasteiger partial charge in [0.25, 0.3) is 11.8 Å². The molecule has 2 rings (SSSR count). The number of carbonyl (C=O) groups is 2. The smallest absolute Gasteiger partial charge is 0.277 e. The molecule has 7 heteroatoms. The van der Waals surface area contributed by atoms with Crippen LogP contribution in [0.1, 0.15) is 6.92 Å². The number of imide groups is 1. The first-order valence-electron chi connectivity index (χ1n) is 6.44. The third kappa shape index (κ3) is 3.19. The molecule has 0 aromatic heterocycles. The van der Waals surface area contributed by atoms with E-state index in [2.05, 4.69) is 5.32 Å². The normalized spacial score (nSPS) is 14.4. The minimum absolute atomic E-state index is 0.0139. The maximum atomic E-state index is 13.3. The Balaban J connectivity index is 2.22. The quantitative estimate of drug-likeness (QED) is 0.762. The number of hydrogen-bond donors (Lipinski definition) is 2. The van der Waals surface area contributed by atoms with E-state index < -0.39 is 17.6 Å². The van der Waals surface area contributed by atoms with Crippen LogP contribution in [0.25, 0.3) is 0 Å². The highest BCUT2D eigenvalue weighted by atomic mass is 19.1. The Kier molecular flexibility index (Phi) is 4.54. The Hall–Kier alpha value is -2.41. The first kappa shape index (κ1) is 15.0. The lowest BCUT2D eigenvalue weighted by Gasteiger charge is -2.15. The summed E-state index contributed by atoms with van der Waals surface area (Å²) in [6.45, 7) is 1.76. The molecule has 2 N–H and O–H groups in total. The number of nitrogens with zero attached hydrogens (tertiary/aromatic N) is 1. The summed E-state index contributed by atoms with van der Waals surface area (Å²) in [6, 6.07) is 3.86. The van der Waals surface area contributed by atoms with Gasteiger partial charge in [-0.3, -0.25) is 14.5 Å². The standard InChI is InChI=1S/C14H15FN2O4/c1-2-21-12-4-3-9(15)7-10(12)16-11-8-13(19)17(5-6-18)14(11)20/h3-4,7-8,16,18H,2,5-6H2,1H3. The number of rotatable bonds is 6. The van der Waals surface area contributed by atoms with Crippen molar-refractivity contribution in [2.45, 2.75) is 6.92 Å². The van der Waals surface area contributed by atoms with Crippen LogP contribution in [0.4, 0.5) is 10.1 Å². The lowest BCUT2D eigenvalue weighted by molar-refractivity contribution is -0.137. The van der Waals surface area contributed by atoms with E-state index in [1.54, 1.807) is 6.92 Å². The minimum atomic E-state index is -0.569. The summed E-state index contributed by atoms with van der Waals surface area (Å²) in [5.74, 6) is -1.21. The Labute approximate surface area is 120 Å². The minimum Gasteiger partial charge on any atom is -0.492 e. The van der Waals surface area contributed by atoms with Crippen molar-refractivity contribution in [2.75, 3.05) is 25.1 Å². The average Bonchev–Trinajstić information content (AvgIpc) is 2.70. The van der Waals surface area contributed by atoms with E-state index in [0.717, 1.165) is 11.0 Å². The van der Waals surface area contributed by atoms with Crippen LogP contribution in [0.5, 0.6) is 5.75 Å². The molecule has 0 aliphatic carbocycles. The number of β-amino-alcohol motifs (C(OH)–C–C–N with tert-alkyl or cyclic N) is 1. The van der Waals surface area contributed by atoms with E-state index in [1.165, 1.54) is 18.2 Å². The summed E-state index contributed by atoms with van der Waals surface area (Å²) in [5.41, 5.74) is 0.273. The molecule has 21 heavy (non-hydrogen) atoms. The highest BCUT2D eigenvalue weighted by molar-refractivity contribution is 6.17. The van der Waals surface area contributed by atoms with E-state index in [4.69, 9.17) is 9.84 Å². The fourth-order valence-electron chi connectivity index (χ4n) is 1.94. The van der Waals surface area contributed by atoms with Crippen molar-refractivity contribution in [3.8, 4) is 5.75 Å². The first-order chi connectivity index (χ1) is 10.1. The molecule has 0 spiro atoms. The first-order valence-corrected chi connectivity index (χ1v) is 6.44. The van der Waals surface area contributed by atoms with Gasteiger partial charge in [-0.2, -0.15) is 0 Å². The van der Waals surface area contributed by atoms with Crippen molar-refractivity contribution in [3.05, 3.63) is 35.8 Å². The molecule has 0 atom stereocenters. The van der Waals surface area contributed by atoms with Crippen molar-refractivity contribution < 1.29 is 23.8 Å². The zero-order chi connectivity index (χ0) is 15.4. The van der Waals surface area contributed by atoms with Crippen molar-refractivity contribution in [3.63, 3.8) is 0 Å². The number of benzene rings is 1. The SMILES string of the molecule is CCOc1ccc(F)cc1NC1=CC(=O)N(CCO)C1=O. The predicted octanol–water partition coefficient (Wildman–Crippen LogP) is 0.881.